The molecular weight excluding hydrogens is 246 g/mol. The molecule has 0 aromatic rings. The SMILES string of the molecule is CCCS(=O)(=O)C1CC(C(C)(C)C)CCC1CN. The second-order valence-corrected chi connectivity index (χ2v) is 9.12. The molecule has 18 heavy (non-hydrogen) atoms. The van der Waals surface area contributed by atoms with E-state index < -0.39 is 9.84 Å². The molecule has 3 nitrogen and oxygen atoms in total. The van der Waals surface area contributed by atoms with Crippen LogP contribution >= 0.6 is 0 Å². The molecule has 1 rings (SSSR count). The van der Waals surface area contributed by atoms with Crippen LogP contribution in [0.2, 0.25) is 0 Å². The quantitative estimate of drug-likeness (QED) is 0.858. The van der Waals surface area contributed by atoms with Gasteiger partial charge in [0.2, 0.25) is 0 Å². The average molecular weight is 275 g/mol. The summed E-state index contributed by atoms with van der Waals surface area (Å²) in [6.45, 7) is 9.07. The number of nitrogens with two attached hydrogens (primary N) is 1. The summed E-state index contributed by atoms with van der Waals surface area (Å²) in [5.41, 5.74) is 5.97. The molecule has 0 radical (unpaired) electrons. The zero-order chi connectivity index (χ0) is 14.0. The summed E-state index contributed by atoms with van der Waals surface area (Å²) in [5.74, 6) is 0.975. The molecule has 3 unspecified atom stereocenters. The molecular formula is C14H29NO2S. The van der Waals surface area contributed by atoms with Crippen LogP contribution < -0.4 is 5.73 Å². The number of sulfone groups is 1. The monoisotopic (exact) mass is 275 g/mol. The van der Waals surface area contributed by atoms with Crippen LogP contribution in [-0.4, -0.2) is 26.0 Å². The minimum absolute atomic E-state index is 0.167. The van der Waals surface area contributed by atoms with Crippen molar-refractivity contribution >= 4 is 9.84 Å². The van der Waals surface area contributed by atoms with Crippen LogP contribution in [0.25, 0.3) is 0 Å². The van der Waals surface area contributed by atoms with Crippen molar-refractivity contribution < 1.29 is 8.42 Å². The zero-order valence-electron chi connectivity index (χ0n) is 12.3. The van der Waals surface area contributed by atoms with Crippen LogP contribution in [0.3, 0.4) is 0 Å². The highest BCUT2D eigenvalue weighted by Gasteiger charge is 2.40. The molecule has 1 aliphatic carbocycles. The third kappa shape index (κ3) is 3.70. The van der Waals surface area contributed by atoms with E-state index in [9.17, 15) is 8.42 Å². The Morgan fingerprint density at radius 2 is 1.83 bits per heavy atom. The first-order valence-electron chi connectivity index (χ1n) is 7.14. The Kier molecular flexibility index (Phi) is 5.24. The molecule has 3 atom stereocenters. The van der Waals surface area contributed by atoms with Crippen LogP contribution in [0, 0.1) is 17.3 Å². The normalized spacial score (nSPS) is 30.4. The standard InChI is InChI=1S/C14H29NO2S/c1-5-8-18(16,17)13-9-12(14(2,3)4)7-6-11(13)10-15/h11-13H,5-10,15H2,1-4H3. The van der Waals surface area contributed by atoms with Crippen LogP contribution in [0.15, 0.2) is 0 Å². The first-order valence-corrected chi connectivity index (χ1v) is 8.85. The molecule has 1 aliphatic rings. The Morgan fingerprint density at radius 3 is 2.28 bits per heavy atom. The maximum Gasteiger partial charge on any atom is 0.153 e. The highest BCUT2D eigenvalue weighted by molar-refractivity contribution is 7.92. The minimum atomic E-state index is -2.97. The van der Waals surface area contributed by atoms with E-state index in [-0.39, 0.29) is 16.6 Å². The van der Waals surface area contributed by atoms with Crippen molar-refractivity contribution in [1.29, 1.82) is 0 Å². The van der Waals surface area contributed by atoms with Crippen molar-refractivity contribution in [3.63, 3.8) is 0 Å². The van der Waals surface area contributed by atoms with Crippen molar-refractivity contribution in [1.82, 2.24) is 0 Å². The Morgan fingerprint density at radius 1 is 1.22 bits per heavy atom. The predicted octanol–water partition coefficient (Wildman–Crippen LogP) is 2.60. The highest BCUT2D eigenvalue weighted by Crippen LogP contribution is 2.42. The fraction of sp³-hybridized carbons (Fsp3) is 1.00. The molecule has 0 aromatic heterocycles. The van der Waals surface area contributed by atoms with E-state index in [0.29, 0.717) is 24.6 Å². The van der Waals surface area contributed by atoms with Crippen LogP contribution in [0.1, 0.15) is 53.4 Å². The topological polar surface area (TPSA) is 60.2 Å². The summed E-state index contributed by atoms with van der Waals surface area (Å²) in [5, 5.41) is -0.208. The second kappa shape index (κ2) is 5.91. The van der Waals surface area contributed by atoms with Gasteiger partial charge in [0.05, 0.1) is 11.0 Å². The maximum atomic E-state index is 12.4. The molecule has 0 amide bonds. The first-order chi connectivity index (χ1) is 8.22. The number of hydrogen-bond acceptors (Lipinski definition) is 3. The van der Waals surface area contributed by atoms with E-state index >= 15 is 0 Å². The van der Waals surface area contributed by atoms with Gasteiger partial charge in [-0.25, -0.2) is 8.42 Å². The fourth-order valence-electron chi connectivity index (χ4n) is 3.12. The van der Waals surface area contributed by atoms with Gasteiger partial charge >= 0.3 is 0 Å². The van der Waals surface area contributed by atoms with Crippen molar-refractivity contribution in [2.24, 2.45) is 23.0 Å². The Hall–Kier alpha value is -0.0900. The molecule has 0 aliphatic heterocycles. The lowest BCUT2D eigenvalue weighted by Gasteiger charge is -2.41. The molecule has 0 bridgehead atoms. The van der Waals surface area contributed by atoms with E-state index in [2.05, 4.69) is 20.8 Å². The predicted molar refractivity (Wildman–Crippen MR) is 77.2 cm³/mol. The fourth-order valence-corrected chi connectivity index (χ4v) is 5.35. The lowest BCUT2D eigenvalue weighted by molar-refractivity contribution is 0.154. The van der Waals surface area contributed by atoms with E-state index in [1.165, 1.54) is 0 Å². The average Bonchev–Trinajstić information content (AvgIpc) is 2.27. The first kappa shape index (κ1) is 16.0. The summed E-state index contributed by atoms with van der Waals surface area (Å²) in [7, 11) is -2.97. The summed E-state index contributed by atoms with van der Waals surface area (Å²) in [6.07, 6.45) is 3.58. The van der Waals surface area contributed by atoms with Gasteiger partial charge in [-0.2, -0.15) is 0 Å². The lowest BCUT2D eigenvalue weighted by atomic mass is 9.69. The van der Waals surface area contributed by atoms with Crippen molar-refractivity contribution in [3.8, 4) is 0 Å². The Labute approximate surface area is 112 Å². The van der Waals surface area contributed by atoms with Crippen LogP contribution in [0.4, 0.5) is 0 Å². The molecule has 4 heteroatoms. The van der Waals surface area contributed by atoms with Gasteiger partial charge in [0.25, 0.3) is 0 Å². The number of rotatable bonds is 4. The summed E-state index contributed by atoms with van der Waals surface area (Å²) >= 11 is 0. The molecule has 0 saturated heterocycles. The third-order valence-electron chi connectivity index (χ3n) is 4.41. The van der Waals surface area contributed by atoms with Gasteiger partial charge in [-0.1, -0.05) is 27.7 Å². The third-order valence-corrected chi connectivity index (χ3v) is 6.88. The Balaban J connectivity index is 2.90. The molecule has 0 spiro atoms. The molecule has 0 aromatic carbocycles. The van der Waals surface area contributed by atoms with Gasteiger partial charge in [0, 0.05) is 0 Å². The largest absolute Gasteiger partial charge is 0.330 e. The van der Waals surface area contributed by atoms with E-state index in [0.717, 1.165) is 19.3 Å². The second-order valence-electron chi connectivity index (χ2n) is 6.78. The highest BCUT2D eigenvalue weighted by atomic mass is 32.2. The maximum absolute atomic E-state index is 12.4. The van der Waals surface area contributed by atoms with Gasteiger partial charge in [-0.15, -0.1) is 0 Å². The minimum Gasteiger partial charge on any atom is -0.330 e. The van der Waals surface area contributed by atoms with Crippen molar-refractivity contribution in [2.75, 3.05) is 12.3 Å². The molecule has 1 saturated carbocycles. The van der Waals surface area contributed by atoms with Crippen molar-refractivity contribution in [3.05, 3.63) is 0 Å². The van der Waals surface area contributed by atoms with Gasteiger partial charge in [0.1, 0.15) is 0 Å². The van der Waals surface area contributed by atoms with Gasteiger partial charge in [-0.3, -0.25) is 0 Å². The number of hydrogen-bond donors (Lipinski definition) is 1. The summed E-state index contributed by atoms with van der Waals surface area (Å²) in [6, 6.07) is 0. The Bertz CT molecular complexity index is 356. The van der Waals surface area contributed by atoms with E-state index in [1.807, 2.05) is 6.92 Å². The lowest BCUT2D eigenvalue weighted by Crippen LogP contribution is -2.43. The molecule has 0 heterocycles. The summed E-state index contributed by atoms with van der Waals surface area (Å²) < 4.78 is 24.7. The smallest absolute Gasteiger partial charge is 0.153 e. The summed E-state index contributed by atoms with van der Waals surface area (Å²) in [4.78, 5) is 0. The van der Waals surface area contributed by atoms with Crippen molar-refractivity contribution in [2.45, 2.75) is 58.6 Å². The van der Waals surface area contributed by atoms with E-state index in [4.69, 9.17) is 5.73 Å². The van der Waals surface area contributed by atoms with Crippen LogP contribution in [-0.2, 0) is 9.84 Å². The van der Waals surface area contributed by atoms with E-state index in [1.54, 1.807) is 0 Å². The van der Waals surface area contributed by atoms with Crippen LogP contribution in [0.5, 0.6) is 0 Å². The van der Waals surface area contributed by atoms with Gasteiger partial charge in [-0.05, 0) is 49.5 Å². The zero-order valence-corrected chi connectivity index (χ0v) is 13.1. The molecule has 2 N–H and O–H groups in total. The molecule has 108 valence electrons. The van der Waals surface area contributed by atoms with Gasteiger partial charge in [0.15, 0.2) is 9.84 Å². The van der Waals surface area contributed by atoms with Gasteiger partial charge < -0.3 is 5.73 Å². The molecule has 1 fully saturated rings.